The number of oxazole rings is 1. The number of halogens is 1. The molecule has 3 heterocycles. The number of nitrogens with zero attached hydrogens (tertiary/aromatic N) is 3. The third kappa shape index (κ3) is 3.57. The molecule has 0 unspecified atom stereocenters. The largest absolute Gasteiger partial charge is 0.442 e. The van der Waals surface area contributed by atoms with E-state index in [0.717, 1.165) is 54.1 Å². The van der Waals surface area contributed by atoms with E-state index in [-0.39, 0.29) is 17.6 Å². The molecule has 0 atom stereocenters. The normalized spacial score (nSPS) is 16.4. The highest BCUT2D eigenvalue weighted by atomic mass is 35.5. The average Bonchev–Trinajstić information content (AvgIpc) is 3.17. The predicted octanol–water partition coefficient (Wildman–Crippen LogP) is 3.97. The van der Waals surface area contributed by atoms with Crippen molar-refractivity contribution in [3.8, 4) is 0 Å². The van der Waals surface area contributed by atoms with E-state index in [9.17, 15) is 4.79 Å². The van der Waals surface area contributed by atoms with E-state index >= 15 is 0 Å². The lowest BCUT2D eigenvalue weighted by Crippen LogP contribution is -2.36. The number of fused-ring (bicyclic) bond motifs is 1. The number of aromatic nitrogens is 2. The highest BCUT2D eigenvalue weighted by Gasteiger charge is 2.28. The van der Waals surface area contributed by atoms with E-state index in [1.165, 1.54) is 12.5 Å². The topological polar surface area (TPSA) is 59.2 Å². The minimum absolute atomic E-state index is 0.00149. The molecule has 0 N–H and O–H groups in total. The van der Waals surface area contributed by atoms with E-state index in [0.29, 0.717) is 0 Å². The minimum Gasteiger partial charge on any atom is -0.442 e. The van der Waals surface area contributed by atoms with Crippen LogP contribution in [0.1, 0.15) is 29.2 Å². The number of benzene rings is 1. The highest BCUT2D eigenvalue weighted by Crippen LogP contribution is 2.23. The van der Waals surface area contributed by atoms with Gasteiger partial charge in [0, 0.05) is 22.9 Å². The van der Waals surface area contributed by atoms with Crippen LogP contribution in [0.25, 0.3) is 10.9 Å². The van der Waals surface area contributed by atoms with Crippen LogP contribution >= 0.6 is 11.6 Å². The van der Waals surface area contributed by atoms with E-state index in [4.69, 9.17) is 21.0 Å². The third-order valence-electron chi connectivity index (χ3n) is 4.70. The standard InChI is InChI=1S/C19H18ClN3O2/c20-15-2-4-17-14(11-15)1-3-16(22-17)12-23-8-5-13(6-9-23)18(24)19-21-7-10-25-19/h1-4,7,10-11,13H,5-6,8-9,12H2. The molecule has 0 spiro atoms. The molecular formula is C19H18ClN3O2. The van der Waals surface area contributed by atoms with Crippen molar-refractivity contribution in [3.05, 3.63) is 59.4 Å². The summed E-state index contributed by atoms with van der Waals surface area (Å²) in [6.45, 7) is 2.54. The SMILES string of the molecule is O=C(c1ncco1)C1CCN(Cc2ccc3cc(Cl)ccc3n2)CC1. The summed E-state index contributed by atoms with van der Waals surface area (Å²) in [6.07, 6.45) is 4.61. The fourth-order valence-electron chi connectivity index (χ4n) is 3.33. The van der Waals surface area contributed by atoms with Crippen molar-refractivity contribution < 1.29 is 9.21 Å². The molecule has 0 aliphatic carbocycles. The predicted molar refractivity (Wildman–Crippen MR) is 95.6 cm³/mol. The molecule has 5 nitrogen and oxygen atoms in total. The lowest BCUT2D eigenvalue weighted by molar-refractivity contribution is 0.0798. The summed E-state index contributed by atoms with van der Waals surface area (Å²) >= 11 is 6.02. The smallest absolute Gasteiger partial charge is 0.263 e. The average molecular weight is 356 g/mol. The number of hydrogen-bond acceptors (Lipinski definition) is 5. The van der Waals surface area contributed by atoms with Crippen molar-refractivity contribution in [3.63, 3.8) is 0 Å². The van der Waals surface area contributed by atoms with Crippen molar-refractivity contribution in [1.29, 1.82) is 0 Å². The maximum absolute atomic E-state index is 12.3. The molecule has 128 valence electrons. The van der Waals surface area contributed by atoms with E-state index in [1.807, 2.05) is 24.3 Å². The first-order valence-electron chi connectivity index (χ1n) is 8.40. The number of likely N-dealkylation sites (tertiary alicyclic amines) is 1. The van der Waals surface area contributed by atoms with Crippen LogP contribution in [0.2, 0.25) is 5.02 Å². The number of pyridine rings is 1. The van der Waals surface area contributed by atoms with Gasteiger partial charge in [0.2, 0.25) is 5.78 Å². The zero-order valence-corrected chi connectivity index (χ0v) is 14.4. The summed E-state index contributed by atoms with van der Waals surface area (Å²) in [5.41, 5.74) is 1.99. The molecule has 6 heteroatoms. The molecule has 1 aliphatic heterocycles. The Morgan fingerprint density at radius 1 is 1.24 bits per heavy atom. The minimum atomic E-state index is 0.00149. The Morgan fingerprint density at radius 3 is 2.84 bits per heavy atom. The van der Waals surface area contributed by atoms with Crippen LogP contribution in [-0.2, 0) is 6.54 Å². The Bertz CT molecular complexity index is 887. The third-order valence-corrected chi connectivity index (χ3v) is 4.93. The number of Topliss-reactive ketones (excluding diaryl/α,β-unsaturated/α-hetero) is 1. The molecular weight excluding hydrogens is 338 g/mol. The molecule has 0 amide bonds. The second-order valence-corrected chi connectivity index (χ2v) is 6.83. The maximum Gasteiger partial charge on any atom is 0.263 e. The highest BCUT2D eigenvalue weighted by molar-refractivity contribution is 6.31. The van der Waals surface area contributed by atoms with Gasteiger partial charge in [-0.1, -0.05) is 17.7 Å². The first-order valence-corrected chi connectivity index (χ1v) is 8.78. The summed E-state index contributed by atoms with van der Waals surface area (Å²) in [6, 6.07) is 9.83. The molecule has 1 aromatic carbocycles. The molecule has 0 radical (unpaired) electrons. The van der Waals surface area contributed by atoms with Gasteiger partial charge in [-0.05, 0) is 50.2 Å². The van der Waals surface area contributed by atoms with Gasteiger partial charge < -0.3 is 4.42 Å². The zero-order valence-electron chi connectivity index (χ0n) is 13.7. The van der Waals surface area contributed by atoms with Crippen LogP contribution in [0.3, 0.4) is 0 Å². The van der Waals surface area contributed by atoms with Gasteiger partial charge in [0.05, 0.1) is 17.4 Å². The number of carbonyl (C=O) groups excluding carboxylic acids is 1. The molecule has 4 rings (SSSR count). The molecule has 1 aliphatic rings. The number of ketones is 1. The van der Waals surface area contributed by atoms with Gasteiger partial charge in [-0.25, -0.2) is 4.98 Å². The number of piperidine rings is 1. The van der Waals surface area contributed by atoms with Crippen LogP contribution in [-0.4, -0.2) is 33.7 Å². The van der Waals surface area contributed by atoms with Crippen molar-refractivity contribution in [2.75, 3.05) is 13.1 Å². The van der Waals surface area contributed by atoms with Crippen molar-refractivity contribution in [1.82, 2.24) is 14.9 Å². The summed E-state index contributed by atoms with van der Waals surface area (Å²) in [5.74, 6) is 0.250. The van der Waals surface area contributed by atoms with Gasteiger partial charge in [-0.15, -0.1) is 0 Å². The summed E-state index contributed by atoms with van der Waals surface area (Å²) < 4.78 is 5.13. The Kier molecular flexibility index (Phi) is 4.51. The van der Waals surface area contributed by atoms with Crippen LogP contribution in [0.4, 0.5) is 0 Å². The van der Waals surface area contributed by atoms with Crippen LogP contribution in [0, 0.1) is 5.92 Å². The van der Waals surface area contributed by atoms with Gasteiger partial charge in [-0.2, -0.15) is 0 Å². The molecule has 2 aromatic heterocycles. The van der Waals surface area contributed by atoms with Gasteiger partial charge in [0.15, 0.2) is 0 Å². The molecule has 0 bridgehead atoms. The van der Waals surface area contributed by atoms with Crippen molar-refractivity contribution in [2.24, 2.45) is 5.92 Å². The summed E-state index contributed by atoms with van der Waals surface area (Å²) in [5, 5.41) is 1.77. The fraction of sp³-hybridized carbons (Fsp3) is 0.316. The quantitative estimate of drug-likeness (QED) is 0.663. The molecule has 1 fully saturated rings. The maximum atomic E-state index is 12.3. The molecule has 1 saturated heterocycles. The second-order valence-electron chi connectivity index (χ2n) is 6.39. The Morgan fingerprint density at radius 2 is 2.08 bits per heavy atom. The van der Waals surface area contributed by atoms with E-state index in [1.54, 1.807) is 0 Å². The lowest BCUT2D eigenvalue weighted by Gasteiger charge is -2.30. The summed E-state index contributed by atoms with van der Waals surface area (Å²) in [7, 11) is 0. The Balaban J connectivity index is 1.38. The van der Waals surface area contributed by atoms with Crippen LogP contribution in [0.5, 0.6) is 0 Å². The van der Waals surface area contributed by atoms with Crippen molar-refractivity contribution in [2.45, 2.75) is 19.4 Å². The summed E-state index contributed by atoms with van der Waals surface area (Å²) in [4.78, 5) is 23.3. The van der Waals surface area contributed by atoms with E-state index in [2.05, 4.69) is 16.0 Å². The van der Waals surface area contributed by atoms with Gasteiger partial charge >= 0.3 is 0 Å². The second kappa shape index (κ2) is 6.94. The monoisotopic (exact) mass is 355 g/mol. The number of rotatable bonds is 4. The fourth-order valence-corrected chi connectivity index (χ4v) is 3.51. The zero-order chi connectivity index (χ0) is 17.2. The van der Waals surface area contributed by atoms with Crippen LogP contribution in [0.15, 0.2) is 47.2 Å². The Hall–Kier alpha value is -2.24. The molecule has 3 aromatic rings. The molecule has 0 saturated carbocycles. The molecule has 25 heavy (non-hydrogen) atoms. The van der Waals surface area contributed by atoms with Crippen molar-refractivity contribution >= 4 is 28.3 Å². The van der Waals surface area contributed by atoms with Gasteiger partial charge in [0.1, 0.15) is 6.26 Å². The van der Waals surface area contributed by atoms with Crippen LogP contribution < -0.4 is 0 Å². The number of carbonyl (C=O) groups is 1. The van der Waals surface area contributed by atoms with E-state index < -0.39 is 0 Å². The first kappa shape index (κ1) is 16.2. The Labute approximate surface area is 150 Å². The van der Waals surface area contributed by atoms with Gasteiger partial charge in [-0.3, -0.25) is 14.7 Å². The van der Waals surface area contributed by atoms with Gasteiger partial charge in [0.25, 0.3) is 5.89 Å². The first-order chi connectivity index (χ1) is 12.2. The lowest BCUT2D eigenvalue weighted by atomic mass is 9.92. The number of hydrogen-bond donors (Lipinski definition) is 0.